The molecule has 0 radical (unpaired) electrons. The molecule has 2 heterocycles. The third-order valence-corrected chi connectivity index (χ3v) is 10.2. The summed E-state index contributed by atoms with van der Waals surface area (Å²) in [5, 5.41) is 3.79. The van der Waals surface area contributed by atoms with Gasteiger partial charge in [-0.1, -0.05) is 73.9 Å². The van der Waals surface area contributed by atoms with Crippen LogP contribution < -0.4 is 19.7 Å². The van der Waals surface area contributed by atoms with E-state index in [0.29, 0.717) is 6.04 Å². The van der Waals surface area contributed by atoms with Gasteiger partial charge in [-0.3, -0.25) is 9.80 Å². The molecule has 9 nitrogen and oxygen atoms in total. The number of benzene rings is 3. The van der Waals surface area contributed by atoms with E-state index in [0.717, 1.165) is 85.5 Å². The summed E-state index contributed by atoms with van der Waals surface area (Å²) in [6.07, 6.45) is 8.66. The molecule has 3 aliphatic rings. The number of piperidine rings is 1. The number of carbonyl (C=O) groups is 1. The normalized spacial score (nSPS) is 18.9. The molecule has 3 aromatic rings. The third-order valence-electron chi connectivity index (χ3n) is 9.52. The fourth-order valence-corrected chi connectivity index (χ4v) is 7.63. The van der Waals surface area contributed by atoms with Crippen LogP contribution >= 0.6 is 0 Å². The Bertz CT molecular complexity index is 1690. The van der Waals surface area contributed by atoms with Crippen molar-refractivity contribution in [3.05, 3.63) is 83.9 Å². The minimum absolute atomic E-state index is 0.123. The van der Waals surface area contributed by atoms with E-state index in [1.807, 2.05) is 73.3 Å². The van der Waals surface area contributed by atoms with E-state index in [-0.39, 0.29) is 18.7 Å². The Morgan fingerprint density at radius 3 is 2.36 bits per heavy atom. The number of nitrogens with zero attached hydrogens (tertiary/aromatic N) is 3. The molecule has 2 amide bonds. The first kappa shape index (κ1) is 33.2. The van der Waals surface area contributed by atoms with E-state index in [1.165, 1.54) is 24.8 Å². The van der Waals surface area contributed by atoms with Crippen molar-refractivity contribution in [3.8, 4) is 16.9 Å². The SMILES string of the molecule is CC(C)Oc1cccc(CN2CCC3(CC2)C(NC2CCCCC2)=NC(=O)N3c2ccccc2-c2ccc(CNS(C)(=O)=O)cc2)c1. The molecule has 47 heavy (non-hydrogen) atoms. The summed E-state index contributed by atoms with van der Waals surface area (Å²) in [6.45, 7) is 6.78. The lowest BCUT2D eigenvalue weighted by Gasteiger charge is -2.46. The van der Waals surface area contributed by atoms with Gasteiger partial charge in [0.05, 0.1) is 18.0 Å². The smallest absolute Gasteiger partial charge is 0.350 e. The topological polar surface area (TPSA) is 103 Å². The van der Waals surface area contributed by atoms with Crippen LogP contribution in [0.2, 0.25) is 0 Å². The lowest BCUT2D eigenvalue weighted by Crippen LogP contribution is -2.62. The van der Waals surface area contributed by atoms with Crippen LogP contribution in [0.3, 0.4) is 0 Å². The number of rotatable bonds is 10. The molecule has 6 rings (SSSR count). The van der Waals surface area contributed by atoms with Crippen molar-refractivity contribution in [2.24, 2.45) is 4.99 Å². The number of hydrogen-bond donors (Lipinski definition) is 2. The van der Waals surface area contributed by atoms with Gasteiger partial charge in [0.1, 0.15) is 17.1 Å². The molecule has 0 atom stereocenters. The maximum Gasteiger partial charge on any atom is 0.350 e. The van der Waals surface area contributed by atoms with Gasteiger partial charge in [-0.25, -0.2) is 17.9 Å². The van der Waals surface area contributed by atoms with Crippen molar-refractivity contribution in [3.63, 3.8) is 0 Å². The molecule has 0 unspecified atom stereocenters. The van der Waals surface area contributed by atoms with Gasteiger partial charge in [-0.15, -0.1) is 0 Å². The van der Waals surface area contributed by atoms with Crippen LogP contribution in [-0.4, -0.2) is 62.2 Å². The Hall–Kier alpha value is -3.73. The molecule has 1 saturated carbocycles. The van der Waals surface area contributed by atoms with Gasteiger partial charge >= 0.3 is 6.03 Å². The standard InChI is InChI=1S/C37H47N5O4S/c1-27(2)46-32-13-9-10-29(24-32)26-41-22-20-37(21-23-41)35(39-31-11-5-4-6-12-31)40-36(43)42(37)34-15-8-7-14-33(34)30-18-16-28(17-19-30)25-38-47(3,44)45/h7-10,13-19,24,27,31,38H,4-6,11-12,20-23,25-26H2,1-3H3,(H,39,40,43). The molecule has 250 valence electrons. The molecule has 0 bridgehead atoms. The highest BCUT2D eigenvalue weighted by molar-refractivity contribution is 7.88. The quantitative estimate of drug-likeness (QED) is 0.259. The molecular weight excluding hydrogens is 611 g/mol. The predicted octanol–water partition coefficient (Wildman–Crippen LogP) is 6.49. The number of sulfonamides is 1. The zero-order valence-corrected chi connectivity index (χ0v) is 28.6. The lowest BCUT2D eigenvalue weighted by atomic mass is 9.83. The summed E-state index contributed by atoms with van der Waals surface area (Å²) in [5.74, 6) is 1.71. The number of amidine groups is 1. The van der Waals surface area contributed by atoms with Gasteiger partial charge in [0.25, 0.3) is 0 Å². The largest absolute Gasteiger partial charge is 0.491 e. The van der Waals surface area contributed by atoms with Crippen LogP contribution in [-0.2, 0) is 23.1 Å². The van der Waals surface area contributed by atoms with Gasteiger partial charge in [0.2, 0.25) is 10.0 Å². The first-order valence-electron chi connectivity index (χ1n) is 16.9. The van der Waals surface area contributed by atoms with Crippen molar-refractivity contribution >= 4 is 27.6 Å². The molecular formula is C37H47N5O4S. The van der Waals surface area contributed by atoms with E-state index in [4.69, 9.17) is 9.73 Å². The predicted molar refractivity (Wildman–Crippen MR) is 188 cm³/mol. The minimum Gasteiger partial charge on any atom is -0.491 e. The number of para-hydroxylation sites is 1. The summed E-state index contributed by atoms with van der Waals surface area (Å²) >= 11 is 0. The van der Waals surface area contributed by atoms with Crippen LogP contribution in [0.15, 0.2) is 77.8 Å². The minimum atomic E-state index is -3.29. The number of carbonyl (C=O) groups excluding carboxylic acids is 1. The number of nitrogens with one attached hydrogen (secondary N) is 2. The number of urea groups is 1. The Balaban J connectivity index is 1.27. The number of hydrogen-bond acceptors (Lipinski definition) is 6. The zero-order valence-electron chi connectivity index (χ0n) is 27.7. The highest BCUT2D eigenvalue weighted by Crippen LogP contribution is 2.43. The van der Waals surface area contributed by atoms with Gasteiger partial charge in [0, 0.05) is 37.8 Å². The monoisotopic (exact) mass is 657 g/mol. The highest BCUT2D eigenvalue weighted by Gasteiger charge is 2.52. The number of anilines is 1. The molecule has 10 heteroatoms. The van der Waals surface area contributed by atoms with Gasteiger partial charge in [0.15, 0.2) is 0 Å². The van der Waals surface area contributed by atoms with Crippen LogP contribution in [0.1, 0.15) is 69.9 Å². The Kier molecular flexibility index (Phi) is 10.0. The van der Waals surface area contributed by atoms with Gasteiger partial charge < -0.3 is 10.1 Å². The molecule has 2 aliphatic heterocycles. The summed E-state index contributed by atoms with van der Waals surface area (Å²) < 4.78 is 31.7. The number of likely N-dealkylation sites (tertiary alicyclic amines) is 1. The summed E-state index contributed by atoms with van der Waals surface area (Å²) in [4.78, 5) is 23.2. The molecule has 1 spiro atoms. The molecule has 3 aromatic carbocycles. The molecule has 1 aliphatic carbocycles. The fourth-order valence-electron chi connectivity index (χ4n) is 7.20. The average Bonchev–Trinajstić information content (AvgIpc) is 3.30. The average molecular weight is 658 g/mol. The van der Waals surface area contributed by atoms with E-state index in [9.17, 15) is 13.2 Å². The number of ether oxygens (including phenoxy) is 1. The van der Waals surface area contributed by atoms with Gasteiger partial charge in [-0.2, -0.15) is 4.99 Å². The van der Waals surface area contributed by atoms with Crippen molar-refractivity contribution in [1.82, 2.24) is 14.9 Å². The molecule has 0 aromatic heterocycles. The summed E-state index contributed by atoms with van der Waals surface area (Å²) in [5.41, 5.74) is 4.26. The first-order valence-corrected chi connectivity index (χ1v) is 18.8. The second kappa shape index (κ2) is 14.2. The molecule has 1 saturated heterocycles. The second-order valence-corrected chi connectivity index (χ2v) is 15.3. The number of aliphatic imine (C=N–C) groups is 1. The first-order chi connectivity index (χ1) is 22.6. The Labute approximate surface area is 279 Å². The Morgan fingerprint density at radius 1 is 0.936 bits per heavy atom. The van der Waals surface area contributed by atoms with Crippen molar-refractivity contribution < 1.29 is 17.9 Å². The van der Waals surface area contributed by atoms with Crippen LogP contribution in [0, 0.1) is 0 Å². The Morgan fingerprint density at radius 2 is 1.66 bits per heavy atom. The molecule has 2 fully saturated rings. The van der Waals surface area contributed by atoms with E-state index >= 15 is 0 Å². The third kappa shape index (κ3) is 7.88. The van der Waals surface area contributed by atoms with Crippen LogP contribution in [0.5, 0.6) is 5.75 Å². The highest BCUT2D eigenvalue weighted by atomic mass is 32.2. The second-order valence-electron chi connectivity index (χ2n) is 13.5. The van der Waals surface area contributed by atoms with Crippen LogP contribution in [0.25, 0.3) is 11.1 Å². The van der Waals surface area contributed by atoms with E-state index < -0.39 is 15.6 Å². The summed E-state index contributed by atoms with van der Waals surface area (Å²) in [6, 6.07) is 24.4. The van der Waals surface area contributed by atoms with E-state index in [2.05, 4.69) is 33.1 Å². The van der Waals surface area contributed by atoms with Gasteiger partial charge in [-0.05, 0) is 74.4 Å². The maximum absolute atomic E-state index is 14.0. The van der Waals surface area contributed by atoms with Crippen molar-refractivity contribution in [2.45, 2.75) is 89.6 Å². The van der Waals surface area contributed by atoms with Crippen LogP contribution in [0.4, 0.5) is 10.5 Å². The van der Waals surface area contributed by atoms with Crippen molar-refractivity contribution in [1.29, 1.82) is 0 Å². The zero-order chi connectivity index (χ0) is 33.0. The van der Waals surface area contributed by atoms with Crippen molar-refractivity contribution in [2.75, 3.05) is 24.2 Å². The van der Waals surface area contributed by atoms with E-state index in [1.54, 1.807) is 0 Å². The fraction of sp³-hybridized carbons (Fsp3) is 0.459. The molecule has 2 N–H and O–H groups in total. The number of amides is 2. The summed E-state index contributed by atoms with van der Waals surface area (Å²) in [7, 11) is -3.29. The maximum atomic E-state index is 14.0. The lowest BCUT2D eigenvalue weighted by molar-refractivity contribution is 0.181.